The van der Waals surface area contributed by atoms with E-state index in [1.54, 1.807) is 18.7 Å². The van der Waals surface area contributed by atoms with Crippen molar-refractivity contribution in [1.82, 2.24) is 15.1 Å². The van der Waals surface area contributed by atoms with Gasteiger partial charge in [-0.15, -0.1) is 0 Å². The predicted octanol–water partition coefficient (Wildman–Crippen LogP) is 1.77. The van der Waals surface area contributed by atoms with Crippen LogP contribution in [0.25, 0.3) is 5.57 Å². The van der Waals surface area contributed by atoms with Crippen LogP contribution >= 0.6 is 0 Å². The van der Waals surface area contributed by atoms with E-state index >= 15 is 0 Å². The number of benzene rings is 1. The van der Waals surface area contributed by atoms with Crippen molar-refractivity contribution in [2.45, 2.75) is 20.3 Å². The molecule has 1 saturated heterocycles. The number of amides is 2. The summed E-state index contributed by atoms with van der Waals surface area (Å²) in [6.07, 6.45) is 0.182. The Morgan fingerprint density at radius 1 is 1.26 bits per heavy atom. The number of halogens is 1. The first-order valence-corrected chi connectivity index (χ1v) is 8.67. The summed E-state index contributed by atoms with van der Waals surface area (Å²) in [6.45, 7) is 5.71. The molecule has 1 N–H and O–H groups in total. The second-order valence-corrected chi connectivity index (χ2v) is 6.42. The summed E-state index contributed by atoms with van der Waals surface area (Å²) in [5.74, 6) is -1.68. The zero-order valence-corrected chi connectivity index (χ0v) is 15.6. The molecule has 1 aliphatic heterocycles. The maximum atomic E-state index is 14.0. The van der Waals surface area contributed by atoms with Crippen LogP contribution in [0.3, 0.4) is 0 Å². The van der Waals surface area contributed by atoms with Crippen LogP contribution in [0.15, 0.2) is 23.9 Å². The van der Waals surface area contributed by atoms with Crippen molar-refractivity contribution >= 4 is 23.1 Å². The number of nitrogens with one attached hydrogen (secondary N) is 1. The van der Waals surface area contributed by atoms with Gasteiger partial charge in [-0.25, -0.2) is 0 Å². The number of carbonyl (C=O) groups is 2. The molecule has 1 aromatic carbocycles. The number of rotatable bonds is 5. The second kappa shape index (κ2) is 8.72. The van der Waals surface area contributed by atoms with Crippen molar-refractivity contribution in [3.63, 3.8) is 0 Å². The van der Waals surface area contributed by atoms with Gasteiger partial charge in [0.05, 0.1) is 4.92 Å². The normalized spacial score (nSPS) is 15.9. The Morgan fingerprint density at radius 3 is 2.41 bits per heavy atom. The van der Waals surface area contributed by atoms with E-state index < -0.39 is 16.4 Å². The minimum Gasteiger partial charge on any atom is -0.335 e. The third-order valence-corrected chi connectivity index (χ3v) is 4.54. The smallest absolute Gasteiger partial charge is 0.304 e. The first-order valence-electron chi connectivity index (χ1n) is 8.67. The van der Waals surface area contributed by atoms with Gasteiger partial charge in [0.1, 0.15) is 5.70 Å². The van der Waals surface area contributed by atoms with Crippen molar-refractivity contribution in [3.05, 3.63) is 45.4 Å². The van der Waals surface area contributed by atoms with Crippen LogP contribution in [0.4, 0.5) is 10.1 Å². The van der Waals surface area contributed by atoms with Gasteiger partial charge in [0.2, 0.25) is 11.7 Å². The summed E-state index contributed by atoms with van der Waals surface area (Å²) in [4.78, 5) is 38.6. The lowest BCUT2D eigenvalue weighted by atomic mass is 10.0. The Labute approximate surface area is 156 Å². The average Bonchev–Trinajstić information content (AvgIpc) is 2.65. The molecule has 0 bridgehead atoms. The van der Waals surface area contributed by atoms with E-state index in [1.807, 2.05) is 7.05 Å². The van der Waals surface area contributed by atoms with Gasteiger partial charge in [-0.3, -0.25) is 19.7 Å². The van der Waals surface area contributed by atoms with Gasteiger partial charge >= 0.3 is 5.69 Å². The molecule has 1 fully saturated rings. The van der Waals surface area contributed by atoms with Crippen LogP contribution in [0, 0.1) is 15.9 Å². The SMILES string of the molecule is CCC(=O)N/C(C(=O)N1CCN(C)CC1)=C(\C)c1ccc([N+](=O)[O-])c(F)c1. The number of piperazine rings is 1. The second-order valence-electron chi connectivity index (χ2n) is 6.42. The van der Waals surface area contributed by atoms with Crippen molar-refractivity contribution in [2.75, 3.05) is 33.2 Å². The highest BCUT2D eigenvalue weighted by atomic mass is 19.1. The molecule has 0 aliphatic carbocycles. The molecular weight excluding hydrogens is 355 g/mol. The molecule has 2 rings (SSSR count). The molecule has 0 atom stereocenters. The highest BCUT2D eigenvalue weighted by Crippen LogP contribution is 2.25. The van der Waals surface area contributed by atoms with E-state index in [4.69, 9.17) is 0 Å². The van der Waals surface area contributed by atoms with Gasteiger partial charge in [0.25, 0.3) is 5.91 Å². The summed E-state index contributed by atoms with van der Waals surface area (Å²) in [6, 6.07) is 3.42. The molecule has 1 aliphatic rings. The number of nitro groups is 1. The molecule has 2 amide bonds. The number of hydrogen-bond acceptors (Lipinski definition) is 5. The summed E-state index contributed by atoms with van der Waals surface area (Å²) in [5, 5.41) is 13.4. The molecule has 9 heteroatoms. The van der Waals surface area contributed by atoms with Crippen molar-refractivity contribution in [3.8, 4) is 0 Å². The standard InChI is InChI=1S/C18H23FN4O4/c1-4-16(24)20-17(18(25)22-9-7-21(3)8-10-22)12(2)13-5-6-15(23(26)27)14(19)11-13/h5-6,11H,4,7-10H2,1-3H3,(H,20,24)/b17-12+. The quantitative estimate of drug-likeness (QED) is 0.479. The third-order valence-electron chi connectivity index (χ3n) is 4.54. The van der Waals surface area contributed by atoms with Crippen LogP contribution in [-0.2, 0) is 9.59 Å². The Bertz CT molecular complexity index is 786. The van der Waals surface area contributed by atoms with Gasteiger partial charge in [-0.05, 0) is 37.2 Å². The van der Waals surface area contributed by atoms with E-state index in [2.05, 4.69) is 10.2 Å². The van der Waals surface area contributed by atoms with Crippen molar-refractivity contribution < 1.29 is 18.9 Å². The van der Waals surface area contributed by atoms with Crippen LogP contribution in [0.1, 0.15) is 25.8 Å². The summed E-state index contributed by atoms with van der Waals surface area (Å²) < 4.78 is 14.0. The molecule has 146 valence electrons. The van der Waals surface area contributed by atoms with Crippen molar-refractivity contribution in [1.29, 1.82) is 0 Å². The highest BCUT2D eigenvalue weighted by Gasteiger charge is 2.26. The van der Waals surface area contributed by atoms with E-state index in [9.17, 15) is 24.1 Å². The summed E-state index contributed by atoms with van der Waals surface area (Å²) in [5.41, 5.74) is 0.0808. The minimum atomic E-state index is -0.995. The predicted molar refractivity (Wildman–Crippen MR) is 98.2 cm³/mol. The van der Waals surface area contributed by atoms with E-state index in [-0.39, 0.29) is 23.9 Å². The van der Waals surface area contributed by atoms with E-state index in [0.717, 1.165) is 12.1 Å². The number of allylic oxidation sites excluding steroid dienone is 1. The fourth-order valence-electron chi connectivity index (χ4n) is 2.74. The first-order chi connectivity index (χ1) is 12.7. The molecule has 0 unspecified atom stereocenters. The molecule has 1 aromatic rings. The molecule has 0 aromatic heterocycles. The maximum Gasteiger partial charge on any atom is 0.304 e. The Hall–Kier alpha value is -2.81. The van der Waals surface area contributed by atoms with Crippen LogP contribution in [-0.4, -0.2) is 59.8 Å². The number of nitrogens with zero attached hydrogens (tertiary/aromatic N) is 3. The maximum absolute atomic E-state index is 14.0. The van der Waals surface area contributed by atoms with Crippen LogP contribution in [0.5, 0.6) is 0 Å². The highest BCUT2D eigenvalue weighted by molar-refractivity contribution is 6.03. The Morgan fingerprint density at radius 2 is 1.89 bits per heavy atom. The molecule has 0 saturated carbocycles. The molecule has 8 nitrogen and oxygen atoms in total. The Kier molecular flexibility index (Phi) is 6.62. The van der Waals surface area contributed by atoms with Gasteiger partial charge < -0.3 is 15.1 Å². The fraction of sp³-hybridized carbons (Fsp3) is 0.444. The first kappa shape index (κ1) is 20.5. The molecule has 0 radical (unpaired) electrons. The number of nitro benzene ring substituents is 1. The van der Waals surface area contributed by atoms with Crippen LogP contribution in [0.2, 0.25) is 0 Å². The zero-order valence-electron chi connectivity index (χ0n) is 15.6. The third kappa shape index (κ3) is 4.88. The number of hydrogen-bond donors (Lipinski definition) is 1. The summed E-state index contributed by atoms with van der Waals surface area (Å²) >= 11 is 0. The number of carbonyl (C=O) groups excluding carboxylic acids is 2. The van der Waals surface area contributed by atoms with Gasteiger partial charge in [0.15, 0.2) is 0 Å². The lowest BCUT2D eigenvalue weighted by molar-refractivity contribution is -0.387. The van der Waals surface area contributed by atoms with Gasteiger partial charge in [-0.2, -0.15) is 4.39 Å². The number of likely N-dealkylation sites (N-methyl/N-ethyl adjacent to an activating group) is 1. The molecule has 1 heterocycles. The largest absolute Gasteiger partial charge is 0.335 e. The molecular formula is C18H23FN4O4. The van der Waals surface area contributed by atoms with Crippen molar-refractivity contribution in [2.24, 2.45) is 0 Å². The van der Waals surface area contributed by atoms with E-state index in [1.165, 1.54) is 6.07 Å². The van der Waals surface area contributed by atoms with Gasteiger partial charge in [0, 0.05) is 38.7 Å². The van der Waals surface area contributed by atoms with Crippen LogP contribution < -0.4 is 5.32 Å². The lowest BCUT2D eigenvalue weighted by Crippen LogP contribution is -2.49. The van der Waals surface area contributed by atoms with E-state index in [0.29, 0.717) is 37.3 Å². The minimum absolute atomic E-state index is 0.0691. The molecule has 27 heavy (non-hydrogen) atoms. The lowest BCUT2D eigenvalue weighted by Gasteiger charge is -2.33. The fourth-order valence-corrected chi connectivity index (χ4v) is 2.74. The van der Waals surface area contributed by atoms with Gasteiger partial charge in [-0.1, -0.05) is 6.92 Å². The molecule has 0 spiro atoms. The monoisotopic (exact) mass is 378 g/mol. The topological polar surface area (TPSA) is 95.8 Å². The zero-order chi connectivity index (χ0) is 20.1. The summed E-state index contributed by atoms with van der Waals surface area (Å²) in [7, 11) is 1.96. The Balaban J connectivity index is 2.41. The average molecular weight is 378 g/mol.